The number of carbonyl (C=O) groups is 2. The highest BCUT2D eigenvalue weighted by atomic mass is 16.5. The first kappa shape index (κ1) is 22.0. The number of piperidine rings is 1. The molecule has 0 bridgehead atoms. The summed E-state index contributed by atoms with van der Waals surface area (Å²) in [7, 11) is 1.57. The van der Waals surface area contributed by atoms with Crippen LogP contribution in [0.2, 0.25) is 0 Å². The molecule has 0 saturated carbocycles. The van der Waals surface area contributed by atoms with E-state index in [4.69, 9.17) is 4.74 Å². The minimum Gasteiger partial charge on any atom is -0.496 e. The van der Waals surface area contributed by atoms with E-state index in [0.29, 0.717) is 23.4 Å². The summed E-state index contributed by atoms with van der Waals surface area (Å²) in [5, 5.41) is 2.96. The monoisotopic (exact) mass is 408 g/mol. The van der Waals surface area contributed by atoms with Crippen molar-refractivity contribution in [3.05, 3.63) is 64.7 Å². The average Bonchev–Trinajstić information content (AvgIpc) is 2.73. The predicted octanol–water partition coefficient (Wildman–Crippen LogP) is 3.99. The molecule has 1 N–H and O–H groups in total. The number of hydrogen-bond donors (Lipinski definition) is 1. The maximum Gasteiger partial charge on any atom is 0.224 e. The number of ether oxygens (including phenoxy) is 1. The Bertz CT molecular complexity index is 876. The van der Waals surface area contributed by atoms with Crippen molar-refractivity contribution >= 4 is 11.7 Å². The second kappa shape index (κ2) is 10.4. The van der Waals surface area contributed by atoms with Crippen LogP contribution in [0.4, 0.5) is 0 Å². The summed E-state index contributed by atoms with van der Waals surface area (Å²) in [6.45, 7) is 7.66. The fraction of sp³-hybridized carbons (Fsp3) is 0.440. The maximum absolute atomic E-state index is 12.4. The zero-order valence-corrected chi connectivity index (χ0v) is 18.2. The van der Waals surface area contributed by atoms with E-state index in [1.807, 2.05) is 0 Å². The number of benzene rings is 2. The summed E-state index contributed by atoms with van der Waals surface area (Å²) < 4.78 is 5.33. The molecule has 30 heavy (non-hydrogen) atoms. The van der Waals surface area contributed by atoms with Crippen LogP contribution >= 0.6 is 0 Å². The van der Waals surface area contributed by atoms with Crippen LogP contribution < -0.4 is 10.1 Å². The summed E-state index contributed by atoms with van der Waals surface area (Å²) in [4.78, 5) is 26.6. The third-order valence-electron chi connectivity index (χ3n) is 5.70. The first-order chi connectivity index (χ1) is 14.4. The van der Waals surface area contributed by atoms with E-state index in [1.165, 1.54) is 38.4 Å². The minimum atomic E-state index is -0.0969. The van der Waals surface area contributed by atoms with Crippen LogP contribution in [-0.4, -0.2) is 36.8 Å². The molecule has 1 heterocycles. The fourth-order valence-corrected chi connectivity index (χ4v) is 4.02. The lowest BCUT2D eigenvalue weighted by atomic mass is 9.99. The molecule has 0 radical (unpaired) electrons. The second-order valence-electron chi connectivity index (χ2n) is 8.34. The lowest BCUT2D eigenvalue weighted by Gasteiger charge is -2.30. The standard InChI is InChI=1S/C25H32N2O3/c1-18-5-4-12-27(16-18)17-21-8-6-20(7-9-21)15-26-25(29)14-23-13-22(19(2)28)10-11-24(23)30-3/h6-11,13,18H,4-5,12,14-17H2,1-3H3,(H,26,29)/t18-/m1/s1. The van der Waals surface area contributed by atoms with Gasteiger partial charge in [0.2, 0.25) is 5.91 Å². The molecule has 1 aliphatic rings. The molecule has 1 aliphatic heterocycles. The van der Waals surface area contributed by atoms with Gasteiger partial charge in [0.05, 0.1) is 13.5 Å². The first-order valence-electron chi connectivity index (χ1n) is 10.7. The maximum atomic E-state index is 12.4. The van der Waals surface area contributed by atoms with Crippen LogP contribution in [0.5, 0.6) is 5.75 Å². The third-order valence-corrected chi connectivity index (χ3v) is 5.70. The second-order valence-corrected chi connectivity index (χ2v) is 8.34. The normalized spacial score (nSPS) is 16.8. The van der Waals surface area contributed by atoms with Crippen LogP contribution in [0.1, 0.15) is 53.7 Å². The molecule has 0 unspecified atom stereocenters. The number of nitrogens with one attached hydrogen (secondary N) is 1. The number of amides is 1. The lowest BCUT2D eigenvalue weighted by molar-refractivity contribution is -0.120. The molecule has 0 aromatic heterocycles. The molecule has 5 heteroatoms. The van der Waals surface area contributed by atoms with Crippen molar-refractivity contribution in [2.45, 2.75) is 46.2 Å². The van der Waals surface area contributed by atoms with Gasteiger partial charge in [-0.15, -0.1) is 0 Å². The van der Waals surface area contributed by atoms with Gasteiger partial charge in [-0.25, -0.2) is 0 Å². The Balaban J connectivity index is 1.52. The Morgan fingerprint density at radius 2 is 1.87 bits per heavy atom. The summed E-state index contributed by atoms with van der Waals surface area (Å²) in [6.07, 6.45) is 2.79. The summed E-state index contributed by atoms with van der Waals surface area (Å²) in [6, 6.07) is 13.7. The van der Waals surface area contributed by atoms with Crippen molar-refractivity contribution in [2.75, 3.05) is 20.2 Å². The summed E-state index contributed by atoms with van der Waals surface area (Å²) in [5.41, 5.74) is 3.68. The van der Waals surface area contributed by atoms with Gasteiger partial charge in [-0.1, -0.05) is 31.2 Å². The molecular weight excluding hydrogens is 376 g/mol. The molecule has 3 rings (SSSR count). The Morgan fingerprint density at radius 3 is 2.53 bits per heavy atom. The first-order valence-corrected chi connectivity index (χ1v) is 10.7. The molecule has 160 valence electrons. The van der Waals surface area contributed by atoms with Crippen LogP contribution in [0, 0.1) is 5.92 Å². The van der Waals surface area contributed by atoms with E-state index in [1.54, 1.807) is 25.3 Å². The smallest absolute Gasteiger partial charge is 0.224 e. The lowest BCUT2D eigenvalue weighted by Crippen LogP contribution is -2.33. The third kappa shape index (κ3) is 6.17. The molecule has 1 saturated heterocycles. The number of rotatable bonds is 8. The Morgan fingerprint density at radius 1 is 1.13 bits per heavy atom. The van der Waals surface area contributed by atoms with Gasteiger partial charge in [-0.3, -0.25) is 14.5 Å². The molecule has 1 amide bonds. The molecule has 1 atom stereocenters. The van der Waals surface area contributed by atoms with Crippen molar-refractivity contribution in [2.24, 2.45) is 5.92 Å². The van der Waals surface area contributed by atoms with Crippen molar-refractivity contribution in [3.8, 4) is 5.75 Å². The zero-order chi connectivity index (χ0) is 21.5. The number of likely N-dealkylation sites (tertiary alicyclic amines) is 1. The Kier molecular flexibility index (Phi) is 7.63. The number of Topliss-reactive ketones (excluding diaryl/α,β-unsaturated/α-hetero) is 1. The highest BCUT2D eigenvalue weighted by Gasteiger charge is 2.16. The Labute approximate surface area is 179 Å². The number of ketones is 1. The van der Waals surface area contributed by atoms with Gasteiger partial charge in [0.15, 0.2) is 5.78 Å². The predicted molar refractivity (Wildman–Crippen MR) is 119 cm³/mol. The Hall–Kier alpha value is -2.66. The van der Waals surface area contributed by atoms with Crippen LogP contribution in [0.15, 0.2) is 42.5 Å². The van der Waals surface area contributed by atoms with Gasteiger partial charge < -0.3 is 10.1 Å². The number of hydrogen-bond acceptors (Lipinski definition) is 4. The molecular formula is C25H32N2O3. The molecule has 1 fully saturated rings. The van der Waals surface area contributed by atoms with Crippen LogP contribution in [-0.2, 0) is 24.3 Å². The van der Waals surface area contributed by atoms with E-state index >= 15 is 0 Å². The fourth-order valence-electron chi connectivity index (χ4n) is 4.02. The number of methoxy groups -OCH3 is 1. The van der Waals surface area contributed by atoms with E-state index in [-0.39, 0.29) is 18.1 Å². The van der Waals surface area contributed by atoms with Crippen LogP contribution in [0.25, 0.3) is 0 Å². The topological polar surface area (TPSA) is 58.6 Å². The van der Waals surface area contributed by atoms with Crippen molar-refractivity contribution in [3.63, 3.8) is 0 Å². The molecule has 5 nitrogen and oxygen atoms in total. The van der Waals surface area contributed by atoms with Crippen molar-refractivity contribution < 1.29 is 14.3 Å². The number of carbonyl (C=O) groups excluding carboxylic acids is 2. The zero-order valence-electron chi connectivity index (χ0n) is 18.2. The van der Waals surface area contributed by atoms with Gasteiger partial charge >= 0.3 is 0 Å². The minimum absolute atomic E-state index is 0.0292. The van der Waals surface area contributed by atoms with Gasteiger partial charge in [-0.2, -0.15) is 0 Å². The summed E-state index contributed by atoms with van der Waals surface area (Å²) in [5.74, 6) is 1.27. The molecule has 0 aliphatic carbocycles. The molecule has 2 aromatic carbocycles. The SMILES string of the molecule is COc1ccc(C(C)=O)cc1CC(=O)NCc1ccc(CN2CCC[C@@H](C)C2)cc1. The average molecular weight is 409 g/mol. The number of nitrogens with zero attached hydrogens (tertiary/aromatic N) is 1. The molecule has 0 spiro atoms. The largest absolute Gasteiger partial charge is 0.496 e. The van der Waals surface area contributed by atoms with E-state index in [2.05, 4.69) is 41.4 Å². The van der Waals surface area contributed by atoms with Gasteiger partial charge in [0.25, 0.3) is 0 Å². The highest BCUT2D eigenvalue weighted by molar-refractivity contribution is 5.94. The van der Waals surface area contributed by atoms with E-state index < -0.39 is 0 Å². The van der Waals surface area contributed by atoms with Gasteiger partial charge in [0.1, 0.15) is 5.75 Å². The van der Waals surface area contributed by atoms with Crippen molar-refractivity contribution in [1.82, 2.24) is 10.2 Å². The quantitative estimate of drug-likeness (QED) is 0.671. The van der Waals surface area contributed by atoms with E-state index in [0.717, 1.165) is 18.0 Å². The van der Waals surface area contributed by atoms with E-state index in [9.17, 15) is 9.59 Å². The highest BCUT2D eigenvalue weighted by Crippen LogP contribution is 2.21. The van der Waals surface area contributed by atoms with Gasteiger partial charge in [0, 0.05) is 30.8 Å². The summed E-state index contributed by atoms with van der Waals surface area (Å²) >= 11 is 0. The van der Waals surface area contributed by atoms with Gasteiger partial charge in [-0.05, 0) is 61.6 Å². The van der Waals surface area contributed by atoms with Crippen molar-refractivity contribution in [1.29, 1.82) is 0 Å². The molecule has 2 aromatic rings. The van der Waals surface area contributed by atoms with Crippen LogP contribution in [0.3, 0.4) is 0 Å².